The normalized spacial score (nSPS) is 8.78. The van der Waals surface area contributed by atoms with Crippen LogP contribution in [-0.4, -0.2) is 18.0 Å². The lowest BCUT2D eigenvalue weighted by Gasteiger charge is -2.21. The number of hydrogen-bond donors (Lipinski definition) is 0. The van der Waals surface area contributed by atoms with Gasteiger partial charge in [-0.3, -0.25) is 4.90 Å². The molecule has 0 aliphatic heterocycles. The first kappa shape index (κ1) is 33.7. The van der Waals surface area contributed by atoms with Gasteiger partial charge in [0.2, 0.25) is 0 Å². The molecule has 0 fully saturated rings. The van der Waals surface area contributed by atoms with E-state index < -0.39 is 0 Å². The maximum absolute atomic E-state index is 2.56. The highest BCUT2D eigenvalue weighted by Gasteiger charge is 2.05. The second-order valence-corrected chi connectivity index (χ2v) is 6.30. The highest BCUT2D eigenvalue weighted by Crippen LogP contribution is 2.14. The Morgan fingerprint density at radius 2 is 1.11 bits per heavy atom. The SMILES string of the molecule is CC.CC.CCC.CCC.CCCN(CCC)Cc1ccc(CC)c(C)c1. The van der Waals surface area contributed by atoms with Gasteiger partial charge in [0, 0.05) is 6.54 Å². The number of aryl methyl sites for hydroxylation is 2. The van der Waals surface area contributed by atoms with Crippen LogP contribution < -0.4 is 0 Å². The lowest BCUT2D eigenvalue weighted by atomic mass is 10.0. The molecular weight excluding hydrogens is 326 g/mol. The standard InChI is InChI=1S/C16H27N.2C3H8.2C2H6/c1-5-10-17(11-6-2)13-15-8-9-16(7-3)14(4)12-15;2*1-3-2;2*1-2/h8-9,12H,5-7,10-11,13H2,1-4H3;2*3H2,1-2H3;2*1-2H3. The van der Waals surface area contributed by atoms with E-state index in [0.717, 1.165) is 13.0 Å². The summed E-state index contributed by atoms with van der Waals surface area (Å²) in [6.07, 6.45) is 6.12. The molecule has 0 saturated carbocycles. The Labute approximate surface area is 175 Å². The third-order valence-corrected chi connectivity index (χ3v) is 3.27. The Balaban J connectivity index is -0.000000224. The van der Waals surface area contributed by atoms with Gasteiger partial charge < -0.3 is 0 Å². The molecule has 0 heterocycles. The predicted molar refractivity (Wildman–Crippen MR) is 131 cm³/mol. The lowest BCUT2D eigenvalue weighted by molar-refractivity contribution is 0.266. The van der Waals surface area contributed by atoms with Crippen molar-refractivity contribution in [3.8, 4) is 0 Å². The van der Waals surface area contributed by atoms with Crippen LogP contribution in [0.15, 0.2) is 18.2 Å². The van der Waals surface area contributed by atoms with E-state index >= 15 is 0 Å². The van der Waals surface area contributed by atoms with Crippen LogP contribution in [0.5, 0.6) is 0 Å². The minimum atomic E-state index is 1.10. The van der Waals surface area contributed by atoms with Crippen molar-refractivity contribution in [2.75, 3.05) is 13.1 Å². The monoisotopic (exact) mass is 381 g/mol. The van der Waals surface area contributed by atoms with E-state index in [-0.39, 0.29) is 0 Å². The molecule has 0 aliphatic carbocycles. The molecule has 1 heteroatoms. The smallest absolute Gasteiger partial charge is 0.0233 e. The molecule has 0 aromatic heterocycles. The third kappa shape index (κ3) is 23.1. The van der Waals surface area contributed by atoms with Crippen molar-refractivity contribution in [3.63, 3.8) is 0 Å². The van der Waals surface area contributed by atoms with Crippen LogP contribution in [0.1, 0.15) is 119 Å². The topological polar surface area (TPSA) is 3.24 Å². The molecule has 0 amide bonds. The fourth-order valence-electron chi connectivity index (χ4n) is 2.41. The zero-order valence-corrected chi connectivity index (χ0v) is 21.3. The Morgan fingerprint density at radius 1 is 0.704 bits per heavy atom. The van der Waals surface area contributed by atoms with Gasteiger partial charge in [0.05, 0.1) is 0 Å². The van der Waals surface area contributed by atoms with Crippen molar-refractivity contribution in [3.05, 3.63) is 34.9 Å². The van der Waals surface area contributed by atoms with Crippen LogP contribution >= 0.6 is 0 Å². The Morgan fingerprint density at radius 3 is 1.41 bits per heavy atom. The van der Waals surface area contributed by atoms with Gasteiger partial charge in [-0.2, -0.15) is 0 Å². The van der Waals surface area contributed by atoms with Gasteiger partial charge in [-0.1, -0.05) is 107 Å². The molecule has 0 unspecified atom stereocenters. The summed E-state index contributed by atoms with van der Waals surface area (Å²) >= 11 is 0. The first-order valence-electron chi connectivity index (χ1n) is 11.8. The Hall–Kier alpha value is -0.820. The first-order valence-corrected chi connectivity index (χ1v) is 11.8. The maximum atomic E-state index is 2.56. The number of hydrogen-bond acceptors (Lipinski definition) is 1. The van der Waals surface area contributed by atoms with Gasteiger partial charge in [-0.05, 0) is 56.0 Å². The molecule has 0 radical (unpaired) electrons. The quantitative estimate of drug-likeness (QED) is 0.455. The molecule has 0 aliphatic rings. The van der Waals surface area contributed by atoms with Gasteiger partial charge in [0.25, 0.3) is 0 Å². The van der Waals surface area contributed by atoms with E-state index in [9.17, 15) is 0 Å². The molecule has 1 nitrogen and oxygen atoms in total. The maximum Gasteiger partial charge on any atom is 0.0233 e. The van der Waals surface area contributed by atoms with Crippen LogP contribution in [0.3, 0.4) is 0 Å². The number of rotatable bonds is 7. The van der Waals surface area contributed by atoms with Crippen molar-refractivity contribution in [1.29, 1.82) is 0 Å². The van der Waals surface area contributed by atoms with E-state index in [1.165, 1.54) is 55.5 Å². The fourth-order valence-corrected chi connectivity index (χ4v) is 2.41. The molecule has 0 saturated heterocycles. The minimum absolute atomic E-state index is 1.10. The zero-order chi connectivity index (χ0) is 22.1. The number of nitrogens with zero attached hydrogens (tertiary/aromatic N) is 1. The molecule has 0 atom stereocenters. The van der Waals surface area contributed by atoms with Gasteiger partial charge >= 0.3 is 0 Å². The van der Waals surface area contributed by atoms with E-state index in [1.807, 2.05) is 27.7 Å². The largest absolute Gasteiger partial charge is 0.299 e. The summed E-state index contributed by atoms with van der Waals surface area (Å²) in [4.78, 5) is 2.56. The van der Waals surface area contributed by atoms with E-state index in [2.05, 4.69) is 78.5 Å². The molecule has 0 spiro atoms. The molecule has 1 rings (SSSR count). The van der Waals surface area contributed by atoms with Crippen LogP contribution in [-0.2, 0) is 13.0 Å². The average molecular weight is 382 g/mol. The fraction of sp³-hybridized carbons (Fsp3) is 0.769. The first-order chi connectivity index (χ1) is 13.0. The van der Waals surface area contributed by atoms with E-state index in [4.69, 9.17) is 0 Å². The van der Waals surface area contributed by atoms with Crippen molar-refractivity contribution in [2.45, 2.75) is 122 Å². The minimum Gasteiger partial charge on any atom is -0.299 e. The third-order valence-electron chi connectivity index (χ3n) is 3.27. The van der Waals surface area contributed by atoms with Crippen LogP contribution in [0.25, 0.3) is 0 Å². The summed E-state index contributed by atoms with van der Waals surface area (Å²) in [5, 5.41) is 0. The van der Waals surface area contributed by atoms with Gasteiger partial charge in [-0.15, -0.1) is 0 Å². The molecular formula is C26H55N. The Bertz CT molecular complexity index is 349. The van der Waals surface area contributed by atoms with Gasteiger partial charge in [0.1, 0.15) is 0 Å². The summed E-state index contributed by atoms with van der Waals surface area (Å²) in [5.74, 6) is 0. The summed E-state index contributed by atoms with van der Waals surface area (Å²) in [5.41, 5.74) is 4.38. The van der Waals surface area contributed by atoms with Crippen LogP contribution in [0.2, 0.25) is 0 Å². The molecule has 0 N–H and O–H groups in total. The zero-order valence-electron chi connectivity index (χ0n) is 21.3. The average Bonchev–Trinajstić information content (AvgIpc) is 2.67. The highest BCUT2D eigenvalue weighted by atomic mass is 15.1. The number of benzene rings is 1. The molecule has 0 bridgehead atoms. The van der Waals surface area contributed by atoms with Gasteiger partial charge in [0.15, 0.2) is 0 Å². The summed E-state index contributed by atoms with van der Waals surface area (Å²) < 4.78 is 0. The second kappa shape index (κ2) is 29.9. The van der Waals surface area contributed by atoms with Crippen LogP contribution in [0, 0.1) is 6.92 Å². The second-order valence-electron chi connectivity index (χ2n) is 6.30. The van der Waals surface area contributed by atoms with E-state index in [0.29, 0.717) is 0 Å². The van der Waals surface area contributed by atoms with Crippen molar-refractivity contribution in [2.24, 2.45) is 0 Å². The summed E-state index contributed by atoms with van der Waals surface area (Å²) in [6.45, 7) is 29.0. The lowest BCUT2D eigenvalue weighted by Crippen LogP contribution is -2.24. The molecule has 1 aromatic carbocycles. The summed E-state index contributed by atoms with van der Waals surface area (Å²) in [6, 6.07) is 6.95. The molecule has 164 valence electrons. The highest BCUT2D eigenvalue weighted by molar-refractivity contribution is 5.31. The Kier molecular flexibility index (Phi) is 37.4. The van der Waals surface area contributed by atoms with Crippen molar-refractivity contribution < 1.29 is 0 Å². The molecule has 1 aromatic rings. The van der Waals surface area contributed by atoms with Crippen molar-refractivity contribution in [1.82, 2.24) is 4.90 Å². The van der Waals surface area contributed by atoms with Crippen molar-refractivity contribution >= 4 is 0 Å². The van der Waals surface area contributed by atoms with E-state index in [1.54, 1.807) is 0 Å². The molecule has 27 heavy (non-hydrogen) atoms. The van der Waals surface area contributed by atoms with Crippen LogP contribution in [0.4, 0.5) is 0 Å². The summed E-state index contributed by atoms with van der Waals surface area (Å²) in [7, 11) is 0. The van der Waals surface area contributed by atoms with Gasteiger partial charge in [-0.25, -0.2) is 0 Å². The predicted octanol–water partition coefficient (Wildman–Crippen LogP) is 9.06.